The minimum absolute atomic E-state index is 0.00868. The summed E-state index contributed by atoms with van der Waals surface area (Å²) in [5, 5.41) is 1.27. The van der Waals surface area contributed by atoms with Gasteiger partial charge in [-0.25, -0.2) is 9.59 Å². The summed E-state index contributed by atoms with van der Waals surface area (Å²) < 4.78 is 10.3. The van der Waals surface area contributed by atoms with E-state index < -0.39 is 11.7 Å². The summed E-state index contributed by atoms with van der Waals surface area (Å²) in [6.45, 7) is 1.64. The van der Waals surface area contributed by atoms with Gasteiger partial charge in [0.2, 0.25) is 0 Å². The SMILES string of the molecule is COC(=O)C(c1ccc(Cl)cc1)N1CCN(C(=O)c2cc3ccccc3oc2=O)CC1. The molecule has 1 amide bonds. The fourth-order valence-electron chi connectivity index (χ4n) is 3.82. The highest BCUT2D eigenvalue weighted by Crippen LogP contribution is 2.25. The molecule has 0 spiro atoms. The number of benzene rings is 2. The van der Waals surface area contributed by atoms with Gasteiger partial charge in [0, 0.05) is 36.6 Å². The van der Waals surface area contributed by atoms with E-state index in [2.05, 4.69) is 0 Å². The number of nitrogens with zero attached hydrogens (tertiary/aromatic N) is 2. The molecule has 0 bridgehead atoms. The van der Waals surface area contributed by atoms with Crippen LogP contribution in [0.3, 0.4) is 0 Å². The van der Waals surface area contributed by atoms with E-state index in [0.717, 1.165) is 5.56 Å². The van der Waals surface area contributed by atoms with Crippen LogP contribution < -0.4 is 5.63 Å². The summed E-state index contributed by atoms with van der Waals surface area (Å²) in [4.78, 5) is 41.3. The molecule has 1 aromatic heterocycles. The van der Waals surface area contributed by atoms with Crippen LogP contribution in [0.15, 0.2) is 63.8 Å². The van der Waals surface area contributed by atoms with Crippen molar-refractivity contribution in [2.75, 3.05) is 33.3 Å². The quantitative estimate of drug-likeness (QED) is 0.458. The molecule has 1 atom stereocenters. The molecule has 3 aromatic rings. The first-order valence-corrected chi connectivity index (χ1v) is 10.3. The van der Waals surface area contributed by atoms with E-state index in [1.807, 2.05) is 11.0 Å². The lowest BCUT2D eigenvalue weighted by Gasteiger charge is -2.38. The van der Waals surface area contributed by atoms with E-state index in [-0.39, 0.29) is 17.4 Å². The molecular formula is C23H21ClN2O5. The van der Waals surface area contributed by atoms with Crippen LogP contribution >= 0.6 is 11.6 Å². The van der Waals surface area contributed by atoms with Crippen LogP contribution in [0.25, 0.3) is 11.0 Å². The number of ether oxygens (including phenoxy) is 1. The van der Waals surface area contributed by atoms with Crippen LogP contribution in [-0.2, 0) is 9.53 Å². The minimum atomic E-state index is -0.653. The van der Waals surface area contributed by atoms with Crippen molar-refractivity contribution >= 4 is 34.4 Å². The Morgan fingerprint density at radius 3 is 2.39 bits per heavy atom. The van der Waals surface area contributed by atoms with Crippen LogP contribution in [0, 0.1) is 0 Å². The maximum atomic E-state index is 13.0. The lowest BCUT2D eigenvalue weighted by Crippen LogP contribution is -2.51. The maximum absolute atomic E-state index is 13.0. The molecule has 31 heavy (non-hydrogen) atoms. The molecule has 0 radical (unpaired) electrons. The first kappa shape index (κ1) is 21.1. The Bertz CT molecular complexity index is 1170. The Hall–Kier alpha value is -3.16. The smallest absolute Gasteiger partial charge is 0.349 e. The predicted molar refractivity (Wildman–Crippen MR) is 116 cm³/mol. The van der Waals surface area contributed by atoms with Gasteiger partial charge in [0.15, 0.2) is 0 Å². The minimum Gasteiger partial charge on any atom is -0.468 e. The zero-order chi connectivity index (χ0) is 22.0. The van der Waals surface area contributed by atoms with E-state index in [0.29, 0.717) is 42.2 Å². The average molecular weight is 441 g/mol. The number of esters is 1. The maximum Gasteiger partial charge on any atom is 0.349 e. The van der Waals surface area contributed by atoms with Crippen LogP contribution in [0.5, 0.6) is 0 Å². The topological polar surface area (TPSA) is 80.1 Å². The Kier molecular flexibility index (Phi) is 6.06. The second kappa shape index (κ2) is 8.91. The number of carbonyl (C=O) groups is 2. The van der Waals surface area contributed by atoms with Crippen molar-refractivity contribution in [3.63, 3.8) is 0 Å². The molecule has 160 valence electrons. The number of hydrogen-bond acceptors (Lipinski definition) is 6. The molecule has 1 unspecified atom stereocenters. The standard InChI is InChI=1S/C23H21ClN2O5/c1-30-23(29)20(15-6-8-17(24)9-7-15)25-10-12-26(13-11-25)21(27)18-14-16-4-2-3-5-19(16)31-22(18)28/h2-9,14,20H,10-13H2,1H3. The van der Waals surface area contributed by atoms with Gasteiger partial charge in [-0.3, -0.25) is 9.69 Å². The first-order chi connectivity index (χ1) is 15.0. The number of hydrogen-bond donors (Lipinski definition) is 0. The van der Waals surface area contributed by atoms with E-state index >= 15 is 0 Å². The number of halogens is 1. The summed E-state index contributed by atoms with van der Waals surface area (Å²) in [7, 11) is 1.35. The summed E-state index contributed by atoms with van der Waals surface area (Å²) >= 11 is 5.97. The number of para-hydroxylation sites is 1. The molecule has 2 aromatic carbocycles. The third-order valence-corrected chi connectivity index (χ3v) is 5.70. The zero-order valence-corrected chi connectivity index (χ0v) is 17.7. The van der Waals surface area contributed by atoms with Crippen molar-refractivity contribution in [2.45, 2.75) is 6.04 Å². The second-order valence-electron chi connectivity index (χ2n) is 7.29. The third kappa shape index (κ3) is 4.33. The molecule has 0 aliphatic carbocycles. The van der Waals surface area contributed by atoms with Gasteiger partial charge < -0.3 is 14.1 Å². The summed E-state index contributed by atoms with van der Waals surface area (Å²) in [5.74, 6) is -0.752. The van der Waals surface area contributed by atoms with Crippen LogP contribution in [0.1, 0.15) is 22.0 Å². The number of amides is 1. The average Bonchev–Trinajstić information content (AvgIpc) is 2.80. The number of carbonyl (C=O) groups excluding carboxylic acids is 2. The Morgan fingerprint density at radius 1 is 1.03 bits per heavy atom. The highest BCUT2D eigenvalue weighted by molar-refractivity contribution is 6.30. The molecule has 8 heteroatoms. The highest BCUT2D eigenvalue weighted by atomic mass is 35.5. The largest absolute Gasteiger partial charge is 0.468 e. The van der Waals surface area contributed by atoms with Crippen molar-refractivity contribution < 1.29 is 18.7 Å². The van der Waals surface area contributed by atoms with Gasteiger partial charge in [0.25, 0.3) is 5.91 Å². The fourth-order valence-corrected chi connectivity index (χ4v) is 3.94. The van der Waals surface area contributed by atoms with Gasteiger partial charge in [0.05, 0.1) is 7.11 Å². The summed E-state index contributed by atoms with van der Waals surface area (Å²) in [5.41, 5.74) is 0.568. The van der Waals surface area contributed by atoms with Gasteiger partial charge in [-0.2, -0.15) is 0 Å². The molecule has 1 aliphatic rings. The molecule has 1 aliphatic heterocycles. The first-order valence-electron chi connectivity index (χ1n) is 9.87. The van der Waals surface area contributed by atoms with Crippen LogP contribution in [-0.4, -0.2) is 55.0 Å². The molecule has 1 fully saturated rings. The van der Waals surface area contributed by atoms with Crippen molar-refractivity contribution in [1.82, 2.24) is 9.80 Å². The summed E-state index contributed by atoms with van der Waals surface area (Å²) in [6.07, 6.45) is 0. The monoisotopic (exact) mass is 440 g/mol. The van der Waals surface area contributed by atoms with Gasteiger partial charge in [-0.15, -0.1) is 0 Å². The van der Waals surface area contributed by atoms with E-state index in [9.17, 15) is 14.4 Å². The normalized spacial score (nSPS) is 15.6. The Balaban J connectivity index is 1.51. The molecule has 7 nitrogen and oxygen atoms in total. The number of fused-ring (bicyclic) bond motifs is 1. The lowest BCUT2D eigenvalue weighted by molar-refractivity contribution is -0.148. The number of piperazine rings is 1. The Morgan fingerprint density at radius 2 is 1.71 bits per heavy atom. The van der Waals surface area contributed by atoms with Gasteiger partial charge in [-0.05, 0) is 29.8 Å². The van der Waals surface area contributed by atoms with Crippen molar-refractivity contribution in [3.05, 3.63) is 81.2 Å². The molecular weight excluding hydrogens is 420 g/mol. The van der Waals surface area contributed by atoms with Crippen LogP contribution in [0.4, 0.5) is 0 Å². The van der Waals surface area contributed by atoms with Crippen LogP contribution in [0.2, 0.25) is 5.02 Å². The van der Waals surface area contributed by atoms with E-state index in [1.54, 1.807) is 53.4 Å². The summed E-state index contributed by atoms with van der Waals surface area (Å²) in [6, 6.07) is 15.1. The van der Waals surface area contributed by atoms with E-state index in [4.69, 9.17) is 20.8 Å². The molecule has 0 saturated carbocycles. The molecule has 1 saturated heterocycles. The predicted octanol–water partition coefficient (Wildman–Crippen LogP) is 3.12. The fraction of sp³-hybridized carbons (Fsp3) is 0.261. The van der Waals surface area contributed by atoms with Crippen molar-refractivity contribution in [1.29, 1.82) is 0 Å². The second-order valence-corrected chi connectivity index (χ2v) is 7.73. The lowest BCUT2D eigenvalue weighted by atomic mass is 10.0. The number of rotatable bonds is 4. The number of methoxy groups -OCH3 is 1. The van der Waals surface area contributed by atoms with Gasteiger partial charge >= 0.3 is 11.6 Å². The Labute approximate surface area is 183 Å². The van der Waals surface area contributed by atoms with E-state index in [1.165, 1.54) is 7.11 Å². The molecule has 4 rings (SSSR count). The third-order valence-electron chi connectivity index (χ3n) is 5.45. The highest BCUT2D eigenvalue weighted by Gasteiger charge is 2.33. The van der Waals surface area contributed by atoms with Crippen molar-refractivity contribution in [2.24, 2.45) is 0 Å². The molecule has 2 heterocycles. The zero-order valence-electron chi connectivity index (χ0n) is 16.9. The molecule has 0 N–H and O–H groups in total. The van der Waals surface area contributed by atoms with Gasteiger partial charge in [0.1, 0.15) is 17.2 Å². The van der Waals surface area contributed by atoms with Crippen molar-refractivity contribution in [3.8, 4) is 0 Å². The van der Waals surface area contributed by atoms with Gasteiger partial charge in [-0.1, -0.05) is 41.9 Å².